The molecule has 2 N–H and O–H groups in total. The fraction of sp³-hybridized carbons (Fsp3) is 0.217. The van der Waals surface area contributed by atoms with Crippen molar-refractivity contribution in [2.75, 3.05) is 19.0 Å². The van der Waals surface area contributed by atoms with E-state index in [2.05, 4.69) is 10.6 Å². The first-order chi connectivity index (χ1) is 15.3. The second-order valence-corrected chi connectivity index (χ2v) is 7.30. The lowest BCUT2D eigenvalue weighted by atomic mass is 10.1. The Morgan fingerprint density at radius 3 is 2.34 bits per heavy atom. The number of anilines is 1. The van der Waals surface area contributed by atoms with Gasteiger partial charge in [-0.1, -0.05) is 24.3 Å². The number of amides is 2. The molecule has 0 unspecified atom stereocenters. The van der Waals surface area contributed by atoms with E-state index < -0.39 is 10.8 Å². The Hall–Kier alpha value is -4.14. The predicted octanol–water partition coefficient (Wildman–Crippen LogP) is 3.91. The summed E-state index contributed by atoms with van der Waals surface area (Å²) in [5.74, 6) is -0.540. The fourth-order valence-corrected chi connectivity index (χ4v) is 3.13. The van der Waals surface area contributed by atoms with Crippen LogP contribution in [-0.4, -0.2) is 36.5 Å². The molecular formula is C23H23N3O6. The van der Waals surface area contributed by atoms with E-state index >= 15 is 0 Å². The third-order valence-electron chi connectivity index (χ3n) is 4.53. The zero-order valence-electron chi connectivity index (χ0n) is 17.9. The highest BCUT2D eigenvalue weighted by Gasteiger charge is 2.19. The summed E-state index contributed by atoms with van der Waals surface area (Å²) < 4.78 is 10.7. The van der Waals surface area contributed by atoms with Crippen molar-refractivity contribution in [2.45, 2.75) is 19.9 Å². The van der Waals surface area contributed by atoms with Crippen LogP contribution in [0.2, 0.25) is 0 Å². The Morgan fingerprint density at radius 2 is 1.72 bits per heavy atom. The van der Waals surface area contributed by atoms with E-state index in [0.717, 1.165) is 10.8 Å². The molecule has 0 aliphatic rings. The van der Waals surface area contributed by atoms with Crippen LogP contribution in [0.15, 0.2) is 54.6 Å². The smallest absolute Gasteiger partial charge is 0.312 e. The molecule has 32 heavy (non-hydrogen) atoms. The Kier molecular flexibility index (Phi) is 6.89. The SMILES string of the molecule is COc1ccc(NC(=O)c2cc3ccccc3cc2OCC(=O)NC(C)C)cc1[N+](=O)[O-]. The van der Waals surface area contributed by atoms with Crippen molar-refractivity contribution in [1.82, 2.24) is 5.32 Å². The summed E-state index contributed by atoms with van der Waals surface area (Å²) in [7, 11) is 1.33. The molecule has 0 aromatic heterocycles. The van der Waals surface area contributed by atoms with Crippen molar-refractivity contribution in [3.8, 4) is 11.5 Å². The van der Waals surface area contributed by atoms with Gasteiger partial charge in [0.1, 0.15) is 5.75 Å². The second kappa shape index (κ2) is 9.78. The number of nitrogens with one attached hydrogen (secondary N) is 2. The summed E-state index contributed by atoms with van der Waals surface area (Å²) in [6, 6.07) is 14.8. The lowest BCUT2D eigenvalue weighted by Crippen LogP contribution is -2.34. The monoisotopic (exact) mass is 437 g/mol. The minimum Gasteiger partial charge on any atom is -0.490 e. The zero-order valence-corrected chi connectivity index (χ0v) is 17.9. The van der Waals surface area contributed by atoms with Crippen LogP contribution >= 0.6 is 0 Å². The molecule has 9 heteroatoms. The van der Waals surface area contributed by atoms with Gasteiger partial charge in [-0.15, -0.1) is 0 Å². The van der Waals surface area contributed by atoms with Gasteiger partial charge in [0.2, 0.25) is 0 Å². The summed E-state index contributed by atoms with van der Waals surface area (Å²) >= 11 is 0. The Morgan fingerprint density at radius 1 is 1.03 bits per heavy atom. The van der Waals surface area contributed by atoms with E-state index in [9.17, 15) is 19.7 Å². The molecule has 3 aromatic rings. The molecule has 0 aliphatic carbocycles. The van der Waals surface area contributed by atoms with Crippen molar-refractivity contribution < 1.29 is 24.0 Å². The van der Waals surface area contributed by atoms with Gasteiger partial charge in [-0.25, -0.2) is 0 Å². The first-order valence-electron chi connectivity index (χ1n) is 9.87. The van der Waals surface area contributed by atoms with Crippen LogP contribution < -0.4 is 20.1 Å². The normalized spacial score (nSPS) is 10.6. The van der Waals surface area contributed by atoms with Crippen LogP contribution in [-0.2, 0) is 4.79 Å². The van der Waals surface area contributed by atoms with Gasteiger partial charge in [0, 0.05) is 17.8 Å². The van der Waals surface area contributed by atoms with Crippen molar-refractivity contribution in [1.29, 1.82) is 0 Å². The quantitative estimate of drug-likeness (QED) is 0.407. The van der Waals surface area contributed by atoms with Gasteiger partial charge in [-0.3, -0.25) is 19.7 Å². The third-order valence-corrected chi connectivity index (χ3v) is 4.53. The van der Waals surface area contributed by atoms with E-state index in [1.165, 1.54) is 25.3 Å². The van der Waals surface area contributed by atoms with Gasteiger partial charge in [0.25, 0.3) is 11.8 Å². The van der Waals surface area contributed by atoms with Gasteiger partial charge < -0.3 is 20.1 Å². The van der Waals surface area contributed by atoms with Crippen LogP contribution in [0, 0.1) is 10.1 Å². The van der Waals surface area contributed by atoms with Crippen molar-refractivity contribution in [3.63, 3.8) is 0 Å². The molecule has 0 heterocycles. The summed E-state index contributed by atoms with van der Waals surface area (Å²) in [5.41, 5.74) is 0.143. The molecule has 0 spiro atoms. The number of ether oxygens (including phenoxy) is 2. The zero-order chi connectivity index (χ0) is 23.3. The van der Waals surface area contributed by atoms with E-state index in [-0.39, 0.29) is 47.0 Å². The van der Waals surface area contributed by atoms with E-state index in [4.69, 9.17) is 9.47 Å². The van der Waals surface area contributed by atoms with Gasteiger partial charge in [0.15, 0.2) is 12.4 Å². The van der Waals surface area contributed by atoms with E-state index in [0.29, 0.717) is 0 Å². The van der Waals surface area contributed by atoms with E-state index in [1.807, 2.05) is 38.1 Å². The number of methoxy groups -OCH3 is 1. The molecule has 0 saturated carbocycles. The highest BCUT2D eigenvalue weighted by Crippen LogP contribution is 2.31. The molecule has 166 valence electrons. The number of hydrogen-bond acceptors (Lipinski definition) is 6. The number of carbonyl (C=O) groups is 2. The third kappa shape index (κ3) is 5.31. The topological polar surface area (TPSA) is 120 Å². The Labute approximate surface area is 184 Å². The maximum atomic E-state index is 13.0. The molecule has 2 amide bonds. The number of nitrogens with zero attached hydrogens (tertiary/aromatic N) is 1. The number of benzene rings is 3. The summed E-state index contributed by atoms with van der Waals surface area (Å²) in [6.07, 6.45) is 0. The molecule has 0 radical (unpaired) electrons. The number of carbonyl (C=O) groups excluding carboxylic acids is 2. The van der Waals surface area contributed by atoms with Crippen molar-refractivity contribution in [2.24, 2.45) is 0 Å². The van der Waals surface area contributed by atoms with Gasteiger partial charge in [-0.2, -0.15) is 0 Å². The minimum absolute atomic E-state index is 0.0451. The second-order valence-electron chi connectivity index (χ2n) is 7.30. The number of nitro benzene ring substituents is 1. The summed E-state index contributed by atoms with van der Waals surface area (Å²) in [4.78, 5) is 35.7. The van der Waals surface area contributed by atoms with Crippen LogP contribution in [0.1, 0.15) is 24.2 Å². The maximum absolute atomic E-state index is 13.0. The molecule has 0 saturated heterocycles. The van der Waals surface area contributed by atoms with E-state index in [1.54, 1.807) is 12.1 Å². The minimum atomic E-state index is -0.591. The number of hydrogen-bond donors (Lipinski definition) is 2. The summed E-state index contributed by atoms with van der Waals surface area (Å²) in [6.45, 7) is 3.41. The molecule has 0 fully saturated rings. The molecule has 0 atom stereocenters. The standard InChI is InChI=1S/C23H23N3O6/c1-14(2)24-22(27)13-32-21-11-16-7-5-4-6-15(16)10-18(21)23(28)25-17-8-9-20(31-3)19(12-17)26(29)30/h4-12,14H,13H2,1-3H3,(H,24,27)(H,25,28). The molecule has 3 aromatic carbocycles. The number of rotatable bonds is 8. The first kappa shape index (κ1) is 22.5. The molecule has 3 rings (SSSR count). The predicted molar refractivity (Wildman–Crippen MR) is 120 cm³/mol. The molecule has 0 aliphatic heterocycles. The van der Waals surface area contributed by atoms with Gasteiger partial charge >= 0.3 is 5.69 Å². The van der Waals surface area contributed by atoms with Crippen LogP contribution in [0.25, 0.3) is 10.8 Å². The fourth-order valence-electron chi connectivity index (χ4n) is 3.13. The number of fused-ring (bicyclic) bond motifs is 1. The van der Waals surface area contributed by atoms with Crippen molar-refractivity contribution in [3.05, 3.63) is 70.3 Å². The highest BCUT2D eigenvalue weighted by molar-refractivity contribution is 6.09. The molecular weight excluding hydrogens is 414 g/mol. The average molecular weight is 437 g/mol. The van der Waals surface area contributed by atoms with Gasteiger partial charge in [-0.05, 0) is 48.9 Å². The first-order valence-corrected chi connectivity index (χ1v) is 9.87. The Bertz CT molecular complexity index is 1180. The van der Waals surface area contributed by atoms with Crippen LogP contribution in [0.5, 0.6) is 11.5 Å². The highest BCUT2D eigenvalue weighted by atomic mass is 16.6. The van der Waals surface area contributed by atoms with Crippen LogP contribution in [0.3, 0.4) is 0 Å². The van der Waals surface area contributed by atoms with Gasteiger partial charge in [0.05, 0.1) is 17.6 Å². The maximum Gasteiger partial charge on any atom is 0.312 e. The number of nitro groups is 1. The largest absolute Gasteiger partial charge is 0.490 e. The van der Waals surface area contributed by atoms with Crippen molar-refractivity contribution >= 4 is 34.0 Å². The lowest BCUT2D eigenvalue weighted by Gasteiger charge is -2.14. The molecule has 9 nitrogen and oxygen atoms in total. The van der Waals surface area contributed by atoms with Crippen LogP contribution in [0.4, 0.5) is 11.4 Å². The summed E-state index contributed by atoms with van der Waals surface area (Å²) in [5, 5.41) is 18.3. The Balaban J connectivity index is 1.92. The lowest BCUT2D eigenvalue weighted by molar-refractivity contribution is -0.385. The molecule has 0 bridgehead atoms. The average Bonchev–Trinajstić information content (AvgIpc) is 2.76.